The lowest BCUT2D eigenvalue weighted by Crippen LogP contribution is -2.30. The van der Waals surface area contributed by atoms with Crippen LogP contribution in [0.25, 0.3) is 0 Å². The van der Waals surface area contributed by atoms with Crippen molar-refractivity contribution < 1.29 is 17.6 Å². The smallest absolute Gasteiger partial charge is 0.303 e. The molecule has 0 fully saturated rings. The summed E-state index contributed by atoms with van der Waals surface area (Å²) in [5, 5.41) is 9.62. The molecule has 0 radical (unpaired) electrons. The minimum atomic E-state index is -3.77. The Kier molecular flexibility index (Phi) is 7.23. The summed E-state index contributed by atoms with van der Waals surface area (Å²) in [4.78, 5) is 18.4. The number of carbonyl (C=O) groups is 1. The monoisotopic (exact) mass is 536 g/mol. The van der Waals surface area contributed by atoms with Gasteiger partial charge in [0.2, 0.25) is 10.0 Å². The second kappa shape index (κ2) is 9.73. The van der Waals surface area contributed by atoms with Gasteiger partial charge in [-0.3, -0.25) is 9.69 Å². The predicted molar refractivity (Wildman–Crippen MR) is 124 cm³/mol. The third kappa shape index (κ3) is 5.68. The maximum Gasteiger partial charge on any atom is 0.303 e. The van der Waals surface area contributed by atoms with E-state index < -0.39 is 15.9 Å². The van der Waals surface area contributed by atoms with Crippen LogP contribution >= 0.6 is 27.5 Å². The molecule has 32 heavy (non-hydrogen) atoms. The summed E-state index contributed by atoms with van der Waals surface area (Å²) >= 11 is 9.60. The van der Waals surface area contributed by atoms with Gasteiger partial charge in [-0.2, -0.15) is 10.2 Å². The van der Waals surface area contributed by atoms with E-state index >= 15 is 0 Å². The van der Waals surface area contributed by atoms with Gasteiger partial charge < -0.3 is 4.42 Å². The minimum absolute atomic E-state index is 0.101. The Bertz CT molecular complexity index is 1300. The van der Waals surface area contributed by atoms with Crippen LogP contribution in [0.2, 0.25) is 5.02 Å². The summed E-state index contributed by atoms with van der Waals surface area (Å²) in [7, 11) is -3.77. The average Bonchev–Trinajstić information content (AvgIpc) is 3.18. The fourth-order valence-electron chi connectivity index (χ4n) is 2.89. The van der Waals surface area contributed by atoms with Crippen LogP contribution in [0.5, 0.6) is 0 Å². The van der Waals surface area contributed by atoms with E-state index in [0.717, 1.165) is 16.3 Å². The molecule has 0 spiro atoms. The third-order valence-corrected chi connectivity index (χ3v) is 6.15. The molecular formula is C21H18BrClN4O4S. The van der Waals surface area contributed by atoms with Crippen LogP contribution in [0.1, 0.15) is 34.3 Å². The Morgan fingerprint density at radius 3 is 2.53 bits per heavy atom. The van der Waals surface area contributed by atoms with E-state index in [1.165, 1.54) is 0 Å². The zero-order chi connectivity index (χ0) is 23.5. The molecule has 0 atom stereocenters. The molecule has 0 aliphatic rings. The molecule has 3 aromatic rings. The number of anilines is 2. The fourth-order valence-corrected chi connectivity index (χ4v) is 3.78. The van der Waals surface area contributed by atoms with Gasteiger partial charge in [-0.25, -0.2) is 13.1 Å². The van der Waals surface area contributed by atoms with Crippen LogP contribution in [-0.2, 0) is 23.0 Å². The molecule has 1 N–H and O–H groups in total. The normalized spacial score (nSPS) is 11.1. The minimum Gasteiger partial charge on any atom is -0.428 e. The lowest BCUT2D eigenvalue weighted by molar-refractivity contribution is 0.0975. The number of amides is 1. The highest BCUT2D eigenvalue weighted by Crippen LogP contribution is 2.31. The molecule has 11 heteroatoms. The Morgan fingerprint density at radius 1 is 1.28 bits per heavy atom. The molecule has 0 saturated heterocycles. The van der Waals surface area contributed by atoms with E-state index in [2.05, 4.69) is 27.0 Å². The van der Waals surface area contributed by atoms with Crippen LogP contribution in [0.15, 0.2) is 51.4 Å². The number of aryl methyl sites for hydroxylation is 1. The van der Waals surface area contributed by atoms with E-state index in [9.17, 15) is 13.2 Å². The number of nitrogens with zero attached hydrogens (tertiary/aromatic N) is 3. The summed E-state index contributed by atoms with van der Waals surface area (Å²) in [6.07, 6.45) is 1.21. The number of hydrogen-bond acceptors (Lipinski definition) is 7. The highest BCUT2D eigenvalue weighted by molar-refractivity contribution is 9.10. The number of carbonyl (C=O) groups excluding carboxylic acids is 1. The van der Waals surface area contributed by atoms with Gasteiger partial charge >= 0.3 is 6.01 Å². The van der Waals surface area contributed by atoms with Crippen molar-refractivity contribution in [2.75, 3.05) is 11.2 Å². The largest absolute Gasteiger partial charge is 0.428 e. The van der Waals surface area contributed by atoms with E-state index in [4.69, 9.17) is 21.3 Å². The first-order valence-corrected chi connectivity index (χ1v) is 12.4. The van der Waals surface area contributed by atoms with Gasteiger partial charge in [0.05, 0.1) is 29.5 Å². The fraction of sp³-hybridized carbons (Fsp3) is 0.190. The van der Waals surface area contributed by atoms with Gasteiger partial charge in [0, 0.05) is 16.6 Å². The van der Waals surface area contributed by atoms with Crippen LogP contribution in [0.4, 0.5) is 11.7 Å². The highest BCUT2D eigenvalue weighted by atomic mass is 79.9. The lowest BCUT2D eigenvalue weighted by atomic mass is 10.1. The second-order valence-corrected chi connectivity index (χ2v) is 9.83. The molecule has 0 aliphatic carbocycles. The molecule has 1 heterocycles. The Labute approximate surface area is 199 Å². The van der Waals surface area contributed by atoms with Crippen molar-refractivity contribution in [3.8, 4) is 6.07 Å². The van der Waals surface area contributed by atoms with E-state index in [0.29, 0.717) is 22.7 Å². The number of nitriles is 1. The zero-order valence-electron chi connectivity index (χ0n) is 17.1. The highest BCUT2D eigenvalue weighted by Gasteiger charge is 2.25. The van der Waals surface area contributed by atoms with Gasteiger partial charge in [0.1, 0.15) is 5.76 Å². The predicted octanol–water partition coefficient (Wildman–Crippen LogP) is 4.55. The standard InChI is InChI=1S/C21H18BrClN4O4S/c1-3-18-19(20(28)26-32(2,29)30)25-21(31-18)27(15-7-4-13(11-24)5-8-15)12-14-6-9-16(22)17(23)10-14/h4-10H,3,12H2,1-2H3,(H,26,28). The SMILES string of the molecule is CCc1oc(N(Cc2ccc(Br)c(Cl)c2)c2ccc(C#N)cc2)nc1C(=O)NS(C)(=O)=O. The van der Waals surface area contributed by atoms with Crippen molar-refractivity contribution in [3.05, 3.63) is 74.5 Å². The van der Waals surface area contributed by atoms with Crippen molar-refractivity contribution in [2.24, 2.45) is 0 Å². The number of halogens is 2. The van der Waals surface area contributed by atoms with Crippen molar-refractivity contribution in [3.63, 3.8) is 0 Å². The molecule has 0 bridgehead atoms. The van der Waals surface area contributed by atoms with Gasteiger partial charge in [-0.1, -0.05) is 24.6 Å². The van der Waals surface area contributed by atoms with Crippen LogP contribution < -0.4 is 9.62 Å². The second-order valence-electron chi connectivity index (χ2n) is 6.82. The molecular weight excluding hydrogens is 520 g/mol. The number of hydrogen-bond donors (Lipinski definition) is 1. The van der Waals surface area contributed by atoms with Gasteiger partial charge in [-0.15, -0.1) is 0 Å². The van der Waals surface area contributed by atoms with Gasteiger partial charge in [0.25, 0.3) is 5.91 Å². The molecule has 2 aromatic carbocycles. The number of aromatic nitrogens is 1. The Hall–Kier alpha value is -2.87. The van der Waals surface area contributed by atoms with Crippen LogP contribution in [0, 0.1) is 11.3 Å². The van der Waals surface area contributed by atoms with Crippen LogP contribution in [0.3, 0.4) is 0 Å². The van der Waals surface area contributed by atoms with E-state index in [-0.39, 0.29) is 24.0 Å². The molecule has 3 rings (SSSR count). The summed E-state index contributed by atoms with van der Waals surface area (Å²) in [5.74, 6) is -0.626. The number of nitrogens with one attached hydrogen (secondary N) is 1. The number of rotatable bonds is 7. The molecule has 1 amide bonds. The first-order valence-electron chi connectivity index (χ1n) is 9.34. The first-order chi connectivity index (χ1) is 15.1. The quantitative estimate of drug-likeness (QED) is 0.470. The van der Waals surface area contributed by atoms with Crippen molar-refractivity contribution in [1.82, 2.24) is 9.71 Å². The molecule has 1 aromatic heterocycles. The number of benzene rings is 2. The molecule has 0 aliphatic heterocycles. The number of sulfonamides is 1. The molecule has 0 unspecified atom stereocenters. The summed E-state index contributed by atoms with van der Waals surface area (Å²) in [6, 6.07) is 14.4. The maximum absolute atomic E-state index is 12.4. The summed E-state index contributed by atoms with van der Waals surface area (Å²) < 4.78 is 31.5. The summed E-state index contributed by atoms with van der Waals surface area (Å²) in [6.45, 7) is 2.05. The van der Waals surface area contributed by atoms with Gasteiger partial charge in [-0.05, 0) is 57.9 Å². The molecule has 0 saturated carbocycles. The van der Waals surface area contributed by atoms with Crippen molar-refractivity contribution in [2.45, 2.75) is 19.9 Å². The van der Waals surface area contributed by atoms with Gasteiger partial charge in [0.15, 0.2) is 5.69 Å². The molecule has 8 nitrogen and oxygen atoms in total. The Balaban J connectivity index is 2.07. The third-order valence-electron chi connectivity index (χ3n) is 4.36. The van der Waals surface area contributed by atoms with Crippen molar-refractivity contribution in [1.29, 1.82) is 5.26 Å². The zero-order valence-corrected chi connectivity index (χ0v) is 20.3. The summed E-state index contributed by atoms with van der Waals surface area (Å²) in [5.41, 5.74) is 1.86. The van der Waals surface area contributed by atoms with Crippen molar-refractivity contribution >= 4 is 55.2 Å². The average molecular weight is 538 g/mol. The van der Waals surface area contributed by atoms with E-state index in [1.807, 2.05) is 16.9 Å². The van der Waals surface area contributed by atoms with Crippen LogP contribution in [-0.4, -0.2) is 25.6 Å². The lowest BCUT2D eigenvalue weighted by Gasteiger charge is -2.21. The number of oxazole rings is 1. The first kappa shape index (κ1) is 23.8. The van der Waals surface area contributed by atoms with E-state index in [1.54, 1.807) is 42.2 Å². The maximum atomic E-state index is 12.4. The topological polar surface area (TPSA) is 116 Å². The molecule has 166 valence electrons. The Morgan fingerprint density at radius 2 is 1.97 bits per heavy atom.